The van der Waals surface area contributed by atoms with E-state index in [1.165, 1.54) is 38.3 Å². The second-order valence-corrected chi connectivity index (χ2v) is 5.87. The average Bonchev–Trinajstić information content (AvgIpc) is 3.01. The standard InChI is InChI=1S/C14H20N4O/c15-11-8-17-12(7-10(11)13(16)19)18-6-5-14(9-18)3-1-2-4-14/h7-8H,1-6,9,15H2,(H2,16,19). The molecule has 1 saturated heterocycles. The number of hydrogen-bond donors (Lipinski definition) is 2. The Morgan fingerprint density at radius 3 is 2.74 bits per heavy atom. The van der Waals surface area contributed by atoms with Gasteiger partial charge in [-0.15, -0.1) is 0 Å². The molecule has 0 unspecified atom stereocenters. The summed E-state index contributed by atoms with van der Waals surface area (Å²) in [5.74, 6) is 0.336. The average molecular weight is 260 g/mol. The molecule has 4 N–H and O–H groups in total. The van der Waals surface area contributed by atoms with Crippen molar-refractivity contribution >= 4 is 17.4 Å². The number of pyridine rings is 1. The first-order chi connectivity index (χ1) is 9.10. The van der Waals surface area contributed by atoms with Gasteiger partial charge in [0.25, 0.3) is 5.91 Å². The van der Waals surface area contributed by atoms with E-state index in [1.807, 2.05) is 0 Å². The molecule has 0 aromatic carbocycles. The van der Waals surface area contributed by atoms with Crippen molar-refractivity contribution in [2.75, 3.05) is 23.7 Å². The predicted molar refractivity (Wildman–Crippen MR) is 74.9 cm³/mol. The summed E-state index contributed by atoms with van der Waals surface area (Å²) in [6.07, 6.45) is 8.09. The van der Waals surface area contributed by atoms with Crippen LogP contribution in [0.15, 0.2) is 12.3 Å². The van der Waals surface area contributed by atoms with Crippen LogP contribution >= 0.6 is 0 Å². The van der Waals surface area contributed by atoms with E-state index in [-0.39, 0.29) is 0 Å². The Labute approximate surface area is 113 Å². The molecule has 0 atom stereocenters. The predicted octanol–water partition coefficient (Wildman–Crippen LogP) is 1.53. The Hall–Kier alpha value is -1.78. The second kappa shape index (κ2) is 4.40. The largest absolute Gasteiger partial charge is 0.397 e. The molecule has 5 heteroatoms. The Bertz CT molecular complexity index is 508. The molecule has 5 nitrogen and oxygen atoms in total. The van der Waals surface area contributed by atoms with E-state index in [2.05, 4.69) is 9.88 Å². The van der Waals surface area contributed by atoms with Crippen molar-refractivity contribution in [1.29, 1.82) is 0 Å². The molecule has 0 bridgehead atoms. The third-order valence-corrected chi connectivity index (χ3v) is 4.61. The number of hydrogen-bond acceptors (Lipinski definition) is 4. The van der Waals surface area contributed by atoms with E-state index < -0.39 is 5.91 Å². The zero-order chi connectivity index (χ0) is 13.5. The van der Waals surface area contributed by atoms with Crippen LogP contribution in [-0.2, 0) is 0 Å². The molecule has 1 amide bonds. The van der Waals surface area contributed by atoms with Gasteiger partial charge in [0.2, 0.25) is 0 Å². The van der Waals surface area contributed by atoms with Gasteiger partial charge in [-0.3, -0.25) is 4.79 Å². The number of nitrogens with zero attached hydrogens (tertiary/aromatic N) is 2. The molecule has 3 rings (SSSR count). The first kappa shape index (κ1) is 12.3. The first-order valence-electron chi connectivity index (χ1n) is 6.90. The molecule has 2 heterocycles. The lowest BCUT2D eigenvalue weighted by atomic mass is 9.86. The molecule has 1 spiro atoms. The van der Waals surface area contributed by atoms with Crippen molar-refractivity contribution in [3.05, 3.63) is 17.8 Å². The number of nitrogen functional groups attached to an aromatic ring is 1. The number of anilines is 2. The summed E-state index contributed by atoms with van der Waals surface area (Å²) in [6, 6.07) is 1.73. The quantitative estimate of drug-likeness (QED) is 0.844. The molecule has 19 heavy (non-hydrogen) atoms. The topological polar surface area (TPSA) is 85.2 Å². The Morgan fingerprint density at radius 2 is 2.05 bits per heavy atom. The number of aromatic nitrogens is 1. The number of rotatable bonds is 2. The van der Waals surface area contributed by atoms with Gasteiger partial charge >= 0.3 is 0 Å². The van der Waals surface area contributed by atoms with Crippen molar-refractivity contribution in [2.24, 2.45) is 11.1 Å². The molecule has 1 aliphatic carbocycles. The minimum absolute atomic E-state index is 0.353. The van der Waals surface area contributed by atoms with E-state index in [0.717, 1.165) is 18.9 Å². The maximum atomic E-state index is 11.3. The van der Waals surface area contributed by atoms with Crippen LogP contribution in [0.4, 0.5) is 11.5 Å². The van der Waals surface area contributed by atoms with Gasteiger partial charge in [-0.05, 0) is 30.7 Å². The number of carbonyl (C=O) groups excluding carboxylic acids is 1. The molecule has 1 saturated carbocycles. The van der Waals surface area contributed by atoms with Gasteiger partial charge in [0.05, 0.1) is 17.4 Å². The highest BCUT2D eigenvalue weighted by Gasteiger charge is 2.40. The summed E-state index contributed by atoms with van der Waals surface area (Å²) < 4.78 is 0. The minimum Gasteiger partial charge on any atom is -0.397 e. The van der Waals surface area contributed by atoms with Gasteiger partial charge in [0, 0.05) is 13.1 Å². The summed E-state index contributed by atoms with van der Waals surface area (Å²) in [4.78, 5) is 17.9. The monoisotopic (exact) mass is 260 g/mol. The van der Waals surface area contributed by atoms with Crippen molar-refractivity contribution < 1.29 is 4.79 Å². The summed E-state index contributed by atoms with van der Waals surface area (Å²) in [5, 5.41) is 0. The van der Waals surface area contributed by atoms with Gasteiger partial charge in [-0.1, -0.05) is 12.8 Å². The highest BCUT2D eigenvalue weighted by Crippen LogP contribution is 2.46. The van der Waals surface area contributed by atoms with E-state index >= 15 is 0 Å². The van der Waals surface area contributed by atoms with Crippen molar-refractivity contribution in [1.82, 2.24) is 4.98 Å². The second-order valence-electron chi connectivity index (χ2n) is 5.87. The van der Waals surface area contributed by atoms with Gasteiger partial charge in [-0.2, -0.15) is 0 Å². The van der Waals surface area contributed by atoms with Crippen molar-refractivity contribution in [3.63, 3.8) is 0 Å². The van der Waals surface area contributed by atoms with Crippen LogP contribution in [0.5, 0.6) is 0 Å². The fraction of sp³-hybridized carbons (Fsp3) is 0.571. The maximum absolute atomic E-state index is 11.3. The SMILES string of the molecule is NC(=O)c1cc(N2CCC3(CCCC3)C2)ncc1N. The number of amides is 1. The normalized spacial score (nSPS) is 21.2. The van der Waals surface area contributed by atoms with Crippen molar-refractivity contribution in [2.45, 2.75) is 32.1 Å². The van der Waals surface area contributed by atoms with Crippen LogP contribution in [0.2, 0.25) is 0 Å². The maximum Gasteiger partial charge on any atom is 0.250 e. The van der Waals surface area contributed by atoms with Crippen LogP contribution in [-0.4, -0.2) is 24.0 Å². The van der Waals surface area contributed by atoms with Gasteiger partial charge < -0.3 is 16.4 Å². The van der Waals surface area contributed by atoms with Crippen LogP contribution in [0.1, 0.15) is 42.5 Å². The smallest absolute Gasteiger partial charge is 0.250 e. The Kier molecular flexibility index (Phi) is 2.84. The van der Waals surface area contributed by atoms with Gasteiger partial charge in [0.1, 0.15) is 5.82 Å². The number of nitrogens with two attached hydrogens (primary N) is 2. The van der Waals surface area contributed by atoms with Crippen LogP contribution in [0, 0.1) is 5.41 Å². The lowest BCUT2D eigenvalue weighted by molar-refractivity contribution is 0.100. The summed E-state index contributed by atoms with van der Waals surface area (Å²) in [5.41, 5.74) is 12.3. The molecular formula is C14H20N4O. The fourth-order valence-electron chi connectivity index (χ4n) is 3.51. The molecule has 0 radical (unpaired) electrons. The Balaban J connectivity index is 1.83. The molecule has 102 valence electrons. The molecule has 1 aliphatic heterocycles. The van der Waals surface area contributed by atoms with E-state index in [4.69, 9.17) is 11.5 Å². The molecular weight excluding hydrogens is 240 g/mol. The van der Waals surface area contributed by atoms with Crippen LogP contribution in [0.25, 0.3) is 0 Å². The fourth-order valence-corrected chi connectivity index (χ4v) is 3.51. The molecule has 2 aliphatic rings. The molecule has 1 aromatic heterocycles. The molecule has 1 aromatic rings. The first-order valence-corrected chi connectivity index (χ1v) is 6.90. The van der Waals surface area contributed by atoms with E-state index in [1.54, 1.807) is 6.07 Å². The summed E-state index contributed by atoms with van der Waals surface area (Å²) in [6.45, 7) is 2.05. The van der Waals surface area contributed by atoms with E-state index in [9.17, 15) is 4.79 Å². The van der Waals surface area contributed by atoms with Gasteiger partial charge in [-0.25, -0.2) is 4.98 Å². The molecule has 2 fully saturated rings. The zero-order valence-corrected chi connectivity index (χ0v) is 11.1. The summed E-state index contributed by atoms with van der Waals surface area (Å²) >= 11 is 0. The highest BCUT2D eigenvalue weighted by atomic mass is 16.1. The zero-order valence-electron chi connectivity index (χ0n) is 11.1. The van der Waals surface area contributed by atoms with Gasteiger partial charge in [0.15, 0.2) is 0 Å². The lowest BCUT2D eigenvalue weighted by Crippen LogP contribution is -2.26. The highest BCUT2D eigenvalue weighted by molar-refractivity contribution is 5.98. The summed E-state index contributed by atoms with van der Waals surface area (Å²) in [7, 11) is 0. The van der Waals surface area contributed by atoms with Crippen molar-refractivity contribution in [3.8, 4) is 0 Å². The van der Waals surface area contributed by atoms with Crippen LogP contribution in [0.3, 0.4) is 0 Å². The third kappa shape index (κ3) is 2.13. The third-order valence-electron chi connectivity index (χ3n) is 4.61. The number of carbonyl (C=O) groups is 1. The van der Waals surface area contributed by atoms with Crippen LogP contribution < -0.4 is 16.4 Å². The number of primary amides is 1. The minimum atomic E-state index is -0.490. The van der Waals surface area contributed by atoms with E-state index in [0.29, 0.717) is 16.7 Å². The Morgan fingerprint density at radius 1 is 1.32 bits per heavy atom. The lowest BCUT2D eigenvalue weighted by Gasteiger charge is -2.24.